The lowest BCUT2D eigenvalue weighted by atomic mass is 9.97. The molecule has 0 spiro atoms. The molecule has 4 rings (SSSR count). The second-order valence-electron chi connectivity index (χ2n) is 7.78. The van der Waals surface area contributed by atoms with Crippen LogP contribution in [-0.4, -0.2) is 10.5 Å². The van der Waals surface area contributed by atoms with Gasteiger partial charge in [0.05, 0.1) is 11.6 Å². The van der Waals surface area contributed by atoms with Crippen LogP contribution in [0.4, 0.5) is 0 Å². The van der Waals surface area contributed by atoms with Crippen LogP contribution in [0.3, 0.4) is 0 Å². The summed E-state index contributed by atoms with van der Waals surface area (Å²) in [6.45, 7) is 5.84. The summed E-state index contributed by atoms with van der Waals surface area (Å²) in [6.07, 6.45) is 0.768. The molecule has 0 saturated carbocycles. The van der Waals surface area contributed by atoms with Gasteiger partial charge in [-0.05, 0) is 49.6 Å². The molecule has 4 heteroatoms. The number of carbonyl (C=O) groups is 1. The predicted molar refractivity (Wildman–Crippen MR) is 126 cm³/mol. The number of pyridine rings is 1. The highest BCUT2D eigenvalue weighted by atomic mass is 16.2. The van der Waals surface area contributed by atoms with Crippen LogP contribution < -0.4 is 10.9 Å². The van der Waals surface area contributed by atoms with Crippen molar-refractivity contribution in [3.63, 3.8) is 0 Å². The fourth-order valence-electron chi connectivity index (χ4n) is 4.25. The second-order valence-corrected chi connectivity index (χ2v) is 7.78. The average Bonchev–Trinajstić information content (AvgIpc) is 2.79. The highest BCUT2D eigenvalue weighted by Crippen LogP contribution is 2.26. The maximum absolute atomic E-state index is 13.6. The van der Waals surface area contributed by atoms with Crippen LogP contribution in [0.5, 0.6) is 0 Å². The van der Waals surface area contributed by atoms with E-state index < -0.39 is 0 Å². The van der Waals surface area contributed by atoms with Crippen LogP contribution in [-0.2, 0) is 0 Å². The summed E-state index contributed by atoms with van der Waals surface area (Å²) < 4.78 is 1.64. The van der Waals surface area contributed by atoms with Crippen molar-refractivity contribution in [2.24, 2.45) is 0 Å². The number of rotatable bonds is 5. The number of amides is 1. The van der Waals surface area contributed by atoms with Gasteiger partial charge in [0.2, 0.25) is 0 Å². The van der Waals surface area contributed by atoms with Crippen molar-refractivity contribution in [1.29, 1.82) is 0 Å². The van der Waals surface area contributed by atoms with Crippen molar-refractivity contribution in [2.45, 2.75) is 33.2 Å². The van der Waals surface area contributed by atoms with Crippen LogP contribution in [0.15, 0.2) is 83.7 Å². The number of fused-ring (bicyclic) bond motifs is 1. The summed E-state index contributed by atoms with van der Waals surface area (Å²) in [4.78, 5) is 27.1. The molecule has 1 heterocycles. The Labute approximate surface area is 182 Å². The molecule has 1 N–H and O–H groups in total. The molecular formula is C27H26N2O2. The zero-order chi connectivity index (χ0) is 22.0. The van der Waals surface area contributed by atoms with Crippen LogP contribution in [0.1, 0.15) is 46.6 Å². The summed E-state index contributed by atoms with van der Waals surface area (Å²) in [5.74, 6) is -0.169. The van der Waals surface area contributed by atoms with Crippen LogP contribution >= 0.6 is 0 Å². The Bertz CT molecular complexity index is 1290. The molecule has 0 fully saturated rings. The third-order valence-electron chi connectivity index (χ3n) is 5.81. The summed E-state index contributed by atoms with van der Waals surface area (Å²) in [7, 11) is 0. The molecule has 4 aromatic rings. The lowest BCUT2D eigenvalue weighted by Crippen LogP contribution is -2.32. The minimum atomic E-state index is -0.169. The Balaban J connectivity index is 1.92. The van der Waals surface area contributed by atoms with E-state index in [-0.39, 0.29) is 17.5 Å². The molecule has 4 nitrogen and oxygen atoms in total. The first kappa shape index (κ1) is 20.6. The molecule has 0 radical (unpaired) electrons. The van der Waals surface area contributed by atoms with E-state index in [1.165, 1.54) is 0 Å². The van der Waals surface area contributed by atoms with E-state index >= 15 is 0 Å². The van der Waals surface area contributed by atoms with Crippen molar-refractivity contribution in [3.8, 4) is 5.69 Å². The van der Waals surface area contributed by atoms with Gasteiger partial charge < -0.3 is 5.32 Å². The molecule has 1 aromatic heterocycles. The quantitative estimate of drug-likeness (QED) is 0.473. The number of hydrogen-bond donors (Lipinski definition) is 1. The number of para-hydroxylation sites is 1. The van der Waals surface area contributed by atoms with E-state index in [2.05, 4.69) is 12.2 Å². The summed E-state index contributed by atoms with van der Waals surface area (Å²) in [5.41, 5.74) is 3.79. The van der Waals surface area contributed by atoms with Crippen molar-refractivity contribution in [2.75, 3.05) is 0 Å². The van der Waals surface area contributed by atoms with E-state index in [9.17, 15) is 9.59 Å². The molecular weight excluding hydrogens is 384 g/mol. The monoisotopic (exact) mass is 410 g/mol. The van der Waals surface area contributed by atoms with E-state index in [0.717, 1.165) is 28.6 Å². The number of nitrogens with one attached hydrogen (secondary N) is 1. The van der Waals surface area contributed by atoms with Crippen molar-refractivity contribution in [1.82, 2.24) is 9.88 Å². The highest BCUT2D eigenvalue weighted by Gasteiger charge is 2.23. The topological polar surface area (TPSA) is 51.1 Å². The van der Waals surface area contributed by atoms with Gasteiger partial charge in [-0.2, -0.15) is 0 Å². The first-order valence-corrected chi connectivity index (χ1v) is 10.6. The van der Waals surface area contributed by atoms with Gasteiger partial charge in [0.25, 0.3) is 11.5 Å². The zero-order valence-corrected chi connectivity index (χ0v) is 18.1. The van der Waals surface area contributed by atoms with E-state index in [1.807, 2.05) is 86.6 Å². The highest BCUT2D eigenvalue weighted by molar-refractivity contribution is 6.09. The summed E-state index contributed by atoms with van der Waals surface area (Å²) in [6, 6.07) is 24.9. The maximum atomic E-state index is 13.6. The number of benzene rings is 3. The minimum absolute atomic E-state index is 0.107. The van der Waals surface area contributed by atoms with Crippen LogP contribution in [0, 0.1) is 13.8 Å². The van der Waals surface area contributed by atoms with Crippen molar-refractivity contribution >= 4 is 16.7 Å². The maximum Gasteiger partial charge on any atom is 0.263 e. The molecule has 0 aliphatic heterocycles. The van der Waals surface area contributed by atoms with E-state index in [0.29, 0.717) is 16.6 Å². The van der Waals surface area contributed by atoms with Gasteiger partial charge in [0, 0.05) is 22.2 Å². The molecule has 1 amide bonds. The molecule has 31 heavy (non-hydrogen) atoms. The lowest BCUT2D eigenvalue weighted by Gasteiger charge is -2.22. The number of carbonyl (C=O) groups excluding carboxylic acids is 1. The van der Waals surface area contributed by atoms with Crippen molar-refractivity contribution in [3.05, 3.63) is 112 Å². The first-order chi connectivity index (χ1) is 15.0. The molecule has 156 valence electrons. The summed E-state index contributed by atoms with van der Waals surface area (Å²) >= 11 is 0. The molecule has 0 aliphatic carbocycles. The van der Waals surface area contributed by atoms with Gasteiger partial charge in [0.15, 0.2) is 0 Å². The van der Waals surface area contributed by atoms with Crippen LogP contribution in [0.2, 0.25) is 0 Å². The Morgan fingerprint density at radius 2 is 1.55 bits per heavy atom. The SMILES string of the molecule is CC[C@H](NC(=O)c1c(C)n(-c2ccccc2)c(=O)c2cccc(C)c12)c1ccccc1. The predicted octanol–water partition coefficient (Wildman–Crippen LogP) is 5.49. The molecule has 0 unspecified atom stereocenters. The fourth-order valence-corrected chi connectivity index (χ4v) is 4.25. The third-order valence-corrected chi connectivity index (χ3v) is 5.81. The fraction of sp³-hybridized carbons (Fsp3) is 0.185. The Hall–Kier alpha value is -3.66. The normalized spacial score (nSPS) is 12.0. The standard InChI is InChI=1S/C27H26N2O2/c1-4-23(20-13-7-5-8-14-20)28-26(30)25-19(3)29(21-15-9-6-10-16-21)27(31)22-17-11-12-18(2)24(22)25/h5-17,23H,4H2,1-3H3,(H,28,30)/t23-/m0/s1. The van der Waals surface area contributed by atoms with Gasteiger partial charge >= 0.3 is 0 Å². The molecule has 3 aromatic carbocycles. The number of nitrogens with zero attached hydrogens (tertiary/aromatic N) is 1. The van der Waals surface area contributed by atoms with Gasteiger partial charge in [-0.1, -0.05) is 67.6 Å². The minimum Gasteiger partial charge on any atom is -0.345 e. The molecule has 0 bridgehead atoms. The number of aromatic nitrogens is 1. The summed E-state index contributed by atoms with van der Waals surface area (Å²) in [5, 5.41) is 4.47. The van der Waals surface area contributed by atoms with E-state index in [4.69, 9.17) is 0 Å². The largest absolute Gasteiger partial charge is 0.345 e. The second kappa shape index (κ2) is 8.60. The smallest absolute Gasteiger partial charge is 0.263 e. The molecule has 0 aliphatic rings. The van der Waals surface area contributed by atoms with Gasteiger partial charge in [-0.25, -0.2) is 0 Å². The Kier molecular flexibility index (Phi) is 5.72. The van der Waals surface area contributed by atoms with E-state index in [1.54, 1.807) is 10.6 Å². The molecule has 1 atom stereocenters. The lowest BCUT2D eigenvalue weighted by molar-refractivity contribution is 0.0936. The van der Waals surface area contributed by atoms with Crippen LogP contribution in [0.25, 0.3) is 16.5 Å². The zero-order valence-electron chi connectivity index (χ0n) is 18.1. The van der Waals surface area contributed by atoms with Crippen molar-refractivity contribution < 1.29 is 4.79 Å². The molecule has 0 saturated heterocycles. The first-order valence-electron chi connectivity index (χ1n) is 10.6. The van der Waals surface area contributed by atoms with Gasteiger partial charge in [0.1, 0.15) is 0 Å². The number of hydrogen-bond acceptors (Lipinski definition) is 2. The Morgan fingerprint density at radius 1 is 0.903 bits per heavy atom. The average molecular weight is 411 g/mol. The Morgan fingerprint density at radius 3 is 2.19 bits per heavy atom. The van der Waals surface area contributed by atoms with Gasteiger partial charge in [-0.3, -0.25) is 14.2 Å². The third kappa shape index (κ3) is 3.77. The van der Waals surface area contributed by atoms with Gasteiger partial charge in [-0.15, -0.1) is 0 Å². The number of aryl methyl sites for hydroxylation is 1.